The van der Waals surface area contributed by atoms with Crippen molar-refractivity contribution >= 4 is 33.2 Å². The summed E-state index contributed by atoms with van der Waals surface area (Å²) in [5.41, 5.74) is 4.13. The molecule has 1 N–H and O–H groups in total. The minimum atomic E-state index is -3.69. The molecule has 0 saturated carbocycles. The van der Waals surface area contributed by atoms with E-state index in [4.69, 9.17) is 11.6 Å². The molecule has 0 saturated heterocycles. The average molecular weight is 435 g/mol. The van der Waals surface area contributed by atoms with Gasteiger partial charge in [-0.2, -0.15) is 0 Å². The fourth-order valence-electron chi connectivity index (χ4n) is 3.93. The summed E-state index contributed by atoms with van der Waals surface area (Å²) in [7, 11) is -3.69. The van der Waals surface area contributed by atoms with Crippen LogP contribution in [0.2, 0.25) is 5.02 Å². The average Bonchev–Trinajstić information content (AvgIpc) is 3.12. The van der Waals surface area contributed by atoms with Gasteiger partial charge in [0.05, 0.1) is 18.0 Å². The smallest absolute Gasteiger partial charge is 0.244 e. The maximum atomic E-state index is 13.1. The number of carbonyl (C=O) groups is 1. The SMILES string of the molecule is CC[C@@H](C(=O)N[C@H](C)c1ccc2c(c1)CCC2)N(c1cccc(Cl)c1)S(C)(=O)=O. The van der Waals surface area contributed by atoms with Gasteiger partial charge in [0.25, 0.3) is 0 Å². The maximum absolute atomic E-state index is 13.1. The summed E-state index contributed by atoms with van der Waals surface area (Å²) in [6.07, 6.45) is 4.78. The first-order valence-corrected chi connectivity index (χ1v) is 12.1. The van der Waals surface area contributed by atoms with Gasteiger partial charge in [0.15, 0.2) is 0 Å². The molecule has 1 amide bonds. The number of rotatable bonds is 7. The first kappa shape index (κ1) is 21.7. The predicted molar refractivity (Wildman–Crippen MR) is 118 cm³/mol. The number of halogens is 1. The van der Waals surface area contributed by atoms with E-state index in [1.54, 1.807) is 31.2 Å². The zero-order valence-corrected chi connectivity index (χ0v) is 18.6. The highest BCUT2D eigenvalue weighted by molar-refractivity contribution is 7.92. The minimum absolute atomic E-state index is 0.219. The number of sulfonamides is 1. The van der Waals surface area contributed by atoms with Gasteiger partial charge < -0.3 is 5.32 Å². The molecule has 156 valence electrons. The van der Waals surface area contributed by atoms with Crippen molar-refractivity contribution in [2.24, 2.45) is 0 Å². The van der Waals surface area contributed by atoms with Crippen LogP contribution < -0.4 is 9.62 Å². The Morgan fingerprint density at radius 3 is 2.55 bits per heavy atom. The second-order valence-electron chi connectivity index (χ2n) is 7.57. The fourth-order valence-corrected chi connectivity index (χ4v) is 5.32. The fraction of sp³-hybridized carbons (Fsp3) is 0.409. The number of fused-ring (bicyclic) bond motifs is 1. The molecule has 2 atom stereocenters. The van der Waals surface area contributed by atoms with Gasteiger partial charge in [0, 0.05) is 5.02 Å². The first-order chi connectivity index (χ1) is 13.7. The third-order valence-electron chi connectivity index (χ3n) is 5.37. The molecule has 0 heterocycles. The number of nitrogens with one attached hydrogen (secondary N) is 1. The van der Waals surface area contributed by atoms with Gasteiger partial charge >= 0.3 is 0 Å². The summed E-state index contributed by atoms with van der Waals surface area (Å²) in [5.74, 6) is -0.328. The monoisotopic (exact) mass is 434 g/mol. The van der Waals surface area contributed by atoms with Crippen molar-refractivity contribution in [3.63, 3.8) is 0 Å². The zero-order chi connectivity index (χ0) is 21.2. The molecule has 1 aliphatic rings. The molecule has 0 bridgehead atoms. The highest BCUT2D eigenvalue weighted by atomic mass is 35.5. The Bertz CT molecular complexity index is 1010. The Balaban J connectivity index is 1.84. The number of hydrogen-bond donors (Lipinski definition) is 1. The van der Waals surface area contributed by atoms with E-state index in [-0.39, 0.29) is 11.9 Å². The van der Waals surface area contributed by atoms with E-state index in [9.17, 15) is 13.2 Å². The quantitative estimate of drug-likeness (QED) is 0.708. The molecule has 29 heavy (non-hydrogen) atoms. The largest absolute Gasteiger partial charge is 0.348 e. The Labute approximate surface area is 178 Å². The third kappa shape index (κ3) is 4.93. The molecule has 1 aliphatic carbocycles. The maximum Gasteiger partial charge on any atom is 0.244 e. The predicted octanol–water partition coefficient (Wildman–Crippen LogP) is 4.25. The van der Waals surface area contributed by atoms with E-state index in [1.165, 1.54) is 17.5 Å². The van der Waals surface area contributed by atoms with E-state index in [2.05, 4.69) is 17.4 Å². The van der Waals surface area contributed by atoms with Gasteiger partial charge in [-0.1, -0.05) is 42.8 Å². The molecule has 0 radical (unpaired) electrons. The van der Waals surface area contributed by atoms with Crippen LogP contribution in [0.5, 0.6) is 0 Å². The van der Waals surface area contributed by atoms with E-state index in [0.717, 1.165) is 29.0 Å². The van der Waals surface area contributed by atoms with Crippen molar-refractivity contribution < 1.29 is 13.2 Å². The van der Waals surface area contributed by atoms with Crippen LogP contribution in [0.15, 0.2) is 42.5 Å². The Kier molecular flexibility index (Phi) is 6.54. The number of aryl methyl sites for hydroxylation is 2. The van der Waals surface area contributed by atoms with Gasteiger partial charge in [0.1, 0.15) is 6.04 Å². The van der Waals surface area contributed by atoms with Crippen LogP contribution in [0.4, 0.5) is 5.69 Å². The Morgan fingerprint density at radius 1 is 1.17 bits per heavy atom. The Morgan fingerprint density at radius 2 is 1.90 bits per heavy atom. The van der Waals surface area contributed by atoms with E-state index in [0.29, 0.717) is 17.1 Å². The van der Waals surface area contributed by atoms with Crippen molar-refractivity contribution in [3.05, 3.63) is 64.2 Å². The Hall–Kier alpha value is -2.05. The zero-order valence-electron chi connectivity index (χ0n) is 17.0. The highest BCUT2D eigenvalue weighted by Gasteiger charge is 2.32. The molecule has 0 unspecified atom stereocenters. The molecular weight excluding hydrogens is 408 g/mol. The second-order valence-corrected chi connectivity index (χ2v) is 9.87. The van der Waals surface area contributed by atoms with Crippen molar-refractivity contribution in [3.8, 4) is 0 Å². The van der Waals surface area contributed by atoms with Gasteiger partial charge in [-0.05, 0) is 67.5 Å². The molecule has 2 aromatic carbocycles. The number of benzene rings is 2. The normalized spacial score (nSPS) is 15.4. The molecule has 0 fully saturated rings. The van der Waals surface area contributed by atoms with Gasteiger partial charge in [-0.25, -0.2) is 8.42 Å². The van der Waals surface area contributed by atoms with Crippen molar-refractivity contribution in [1.82, 2.24) is 5.32 Å². The van der Waals surface area contributed by atoms with Crippen molar-refractivity contribution in [2.45, 2.75) is 51.6 Å². The van der Waals surface area contributed by atoms with Crippen LogP contribution in [0, 0.1) is 0 Å². The van der Waals surface area contributed by atoms with Crippen LogP contribution in [0.25, 0.3) is 0 Å². The summed E-state index contributed by atoms with van der Waals surface area (Å²) in [6, 6.07) is 11.8. The summed E-state index contributed by atoms with van der Waals surface area (Å²) in [5, 5.41) is 3.41. The molecule has 5 nitrogen and oxygen atoms in total. The molecule has 2 aromatic rings. The molecule has 3 rings (SSSR count). The van der Waals surface area contributed by atoms with Gasteiger partial charge in [-0.15, -0.1) is 0 Å². The standard InChI is InChI=1S/C22H27ClN2O3S/c1-4-21(25(29(3,27)28)20-10-6-9-19(23)14-20)22(26)24-15(2)17-12-11-16-7-5-8-18(16)13-17/h6,9-15,21H,4-5,7-8H2,1-3H3,(H,24,26)/t15-,21+/m1/s1. The molecule has 0 aromatic heterocycles. The number of hydrogen-bond acceptors (Lipinski definition) is 3. The number of carbonyl (C=O) groups excluding carboxylic acids is 1. The topological polar surface area (TPSA) is 66.5 Å². The van der Waals surface area contributed by atoms with Gasteiger partial charge in [-0.3, -0.25) is 9.10 Å². The van der Waals surface area contributed by atoms with Crippen LogP contribution in [0.1, 0.15) is 49.4 Å². The van der Waals surface area contributed by atoms with Crippen LogP contribution >= 0.6 is 11.6 Å². The summed E-state index contributed by atoms with van der Waals surface area (Å²) < 4.78 is 26.2. The lowest BCUT2D eigenvalue weighted by molar-refractivity contribution is -0.122. The lowest BCUT2D eigenvalue weighted by Gasteiger charge is -2.31. The molecule has 7 heteroatoms. The van der Waals surface area contributed by atoms with E-state index >= 15 is 0 Å². The number of nitrogens with zero attached hydrogens (tertiary/aromatic N) is 1. The molecule has 0 aliphatic heterocycles. The summed E-state index contributed by atoms with van der Waals surface area (Å²) >= 11 is 6.06. The lowest BCUT2D eigenvalue weighted by atomic mass is 10.0. The highest BCUT2D eigenvalue weighted by Crippen LogP contribution is 2.27. The van der Waals surface area contributed by atoms with Crippen molar-refractivity contribution in [1.29, 1.82) is 0 Å². The third-order valence-corrected chi connectivity index (χ3v) is 6.79. The van der Waals surface area contributed by atoms with E-state index < -0.39 is 16.1 Å². The van der Waals surface area contributed by atoms with Crippen LogP contribution in [-0.2, 0) is 27.7 Å². The van der Waals surface area contributed by atoms with Crippen LogP contribution in [-0.4, -0.2) is 26.6 Å². The minimum Gasteiger partial charge on any atom is -0.348 e. The first-order valence-electron chi connectivity index (χ1n) is 9.87. The van der Waals surface area contributed by atoms with E-state index in [1.807, 2.05) is 13.0 Å². The number of amides is 1. The molecular formula is C22H27ClN2O3S. The summed E-state index contributed by atoms with van der Waals surface area (Å²) in [4.78, 5) is 13.1. The second kappa shape index (κ2) is 8.76. The van der Waals surface area contributed by atoms with Crippen LogP contribution in [0.3, 0.4) is 0 Å². The molecule has 0 spiro atoms. The summed E-state index contributed by atoms with van der Waals surface area (Å²) in [6.45, 7) is 3.72. The lowest BCUT2D eigenvalue weighted by Crippen LogP contribution is -2.49. The number of anilines is 1. The van der Waals surface area contributed by atoms with Crippen molar-refractivity contribution in [2.75, 3.05) is 10.6 Å². The van der Waals surface area contributed by atoms with Gasteiger partial charge in [0.2, 0.25) is 15.9 Å².